The maximum atomic E-state index is 12.6. The zero-order chi connectivity index (χ0) is 16.4. The van der Waals surface area contributed by atoms with Gasteiger partial charge >= 0.3 is 0 Å². The molecule has 0 saturated carbocycles. The lowest BCUT2D eigenvalue weighted by atomic mass is 9.96. The van der Waals surface area contributed by atoms with Gasteiger partial charge in [0.1, 0.15) is 0 Å². The average Bonchev–Trinajstić information content (AvgIpc) is 2.85. The summed E-state index contributed by atoms with van der Waals surface area (Å²) < 4.78 is 2.09. The first-order valence-electron chi connectivity index (χ1n) is 8.09. The summed E-state index contributed by atoms with van der Waals surface area (Å²) in [6.45, 7) is 6.63. The van der Waals surface area contributed by atoms with Crippen molar-refractivity contribution in [2.75, 3.05) is 13.1 Å². The van der Waals surface area contributed by atoms with Gasteiger partial charge in [-0.15, -0.1) is 0 Å². The molecule has 0 aliphatic carbocycles. The highest BCUT2D eigenvalue weighted by molar-refractivity contribution is 6.33. The smallest absolute Gasteiger partial charge is 0.255 e. The molecule has 0 unspecified atom stereocenters. The molecule has 0 atom stereocenters. The molecule has 4 nitrogen and oxygen atoms in total. The van der Waals surface area contributed by atoms with Crippen LogP contribution in [0.5, 0.6) is 0 Å². The second-order valence-electron chi connectivity index (χ2n) is 6.32. The van der Waals surface area contributed by atoms with Gasteiger partial charge in [-0.25, -0.2) is 0 Å². The molecule has 1 aliphatic heterocycles. The number of nitrogens with zero attached hydrogens (tertiary/aromatic N) is 3. The van der Waals surface area contributed by atoms with Crippen LogP contribution in [0.25, 0.3) is 0 Å². The molecule has 1 fully saturated rings. The van der Waals surface area contributed by atoms with Crippen molar-refractivity contribution in [3.8, 4) is 0 Å². The summed E-state index contributed by atoms with van der Waals surface area (Å²) in [6.07, 6.45) is 2.02. The predicted octanol–water partition coefficient (Wildman–Crippen LogP) is 3.71. The van der Waals surface area contributed by atoms with E-state index in [0.717, 1.165) is 38.2 Å². The Balaban J connectivity index is 1.59. The van der Waals surface area contributed by atoms with Gasteiger partial charge in [-0.05, 0) is 50.8 Å². The van der Waals surface area contributed by atoms with Crippen molar-refractivity contribution in [3.05, 3.63) is 52.3 Å². The molecule has 0 bridgehead atoms. The van der Waals surface area contributed by atoms with Gasteiger partial charge in [0.25, 0.3) is 5.91 Å². The van der Waals surface area contributed by atoms with Crippen LogP contribution in [0.4, 0.5) is 0 Å². The number of likely N-dealkylation sites (tertiary alicyclic amines) is 1. The molecule has 5 heteroatoms. The van der Waals surface area contributed by atoms with E-state index < -0.39 is 0 Å². The maximum Gasteiger partial charge on any atom is 0.255 e. The minimum Gasteiger partial charge on any atom is -0.339 e. The number of hydrogen-bond acceptors (Lipinski definition) is 2. The Hall–Kier alpha value is -1.81. The lowest BCUT2D eigenvalue weighted by Crippen LogP contribution is -2.39. The van der Waals surface area contributed by atoms with E-state index in [1.807, 2.05) is 24.0 Å². The van der Waals surface area contributed by atoms with Gasteiger partial charge in [-0.1, -0.05) is 23.7 Å². The van der Waals surface area contributed by atoms with Crippen LogP contribution in [0.3, 0.4) is 0 Å². The molecule has 1 aromatic heterocycles. The van der Waals surface area contributed by atoms with Crippen molar-refractivity contribution in [1.29, 1.82) is 0 Å². The van der Waals surface area contributed by atoms with Gasteiger partial charge in [0.15, 0.2) is 0 Å². The largest absolute Gasteiger partial charge is 0.339 e. The van der Waals surface area contributed by atoms with Crippen molar-refractivity contribution in [3.63, 3.8) is 0 Å². The highest BCUT2D eigenvalue weighted by Gasteiger charge is 2.25. The van der Waals surface area contributed by atoms with Crippen LogP contribution in [0.15, 0.2) is 30.3 Å². The van der Waals surface area contributed by atoms with Gasteiger partial charge in [-0.3, -0.25) is 9.48 Å². The van der Waals surface area contributed by atoms with E-state index in [0.29, 0.717) is 16.5 Å². The van der Waals surface area contributed by atoms with Crippen LogP contribution in [0, 0.1) is 19.8 Å². The Morgan fingerprint density at radius 2 is 1.96 bits per heavy atom. The molecule has 1 saturated heterocycles. The van der Waals surface area contributed by atoms with Crippen LogP contribution >= 0.6 is 11.6 Å². The number of carbonyl (C=O) groups is 1. The van der Waals surface area contributed by atoms with Crippen molar-refractivity contribution < 1.29 is 4.79 Å². The first kappa shape index (κ1) is 16.1. The van der Waals surface area contributed by atoms with E-state index in [2.05, 4.69) is 22.8 Å². The van der Waals surface area contributed by atoms with Crippen LogP contribution in [0.2, 0.25) is 5.02 Å². The number of piperidine rings is 1. The minimum absolute atomic E-state index is 0.0418. The fraction of sp³-hybridized carbons (Fsp3) is 0.444. The second-order valence-corrected chi connectivity index (χ2v) is 6.73. The molecule has 1 amide bonds. The molecular weight excluding hydrogens is 310 g/mol. The fourth-order valence-corrected chi connectivity index (χ4v) is 3.44. The molecular formula is C18H22ClN3O. The molecule has 0 radical (unpaired) electrons. The Labute approximate surface area is 142 Å². The van der Waals surface area contributed by atoms with Gasteiger partial charge < -0.3 is 4.90 Å². The standard InChI is InChI=1S/C18H22ClN3O/c1-13-11-14(2)22(20-13)12-15-7-9-21(10-8-15)18(23)16-5-3-4-6-17(16)19/h3-6,11,15H,7-10,12H2,1-2H3. The summed E-state index contributed by atoms with van der Waals surface area (Å²) >= 11 is 6.13. The highest BCUT2D eigenvalue weighted by atomic mass is 35.5. The Bertz CT molecular complexity index is 702. The monoisotopic (exact) mass is 331 g/mol. The number of rotatable bonds is 3. The lowest BCUT2D eigenvalue weighted by Gasteiger charge is -2.32. The zero-order valence-electron chi connectivity index (χ0n) is 13.6. The summed E-state index contributed by atoms with van der Waals surface area (Å²) in [5.41, 5.74) is 2.87. The van der Waals surface area contributed by atoms with E-state index in [1.54, 1.807) is 12.1 Å². The van der Waals surface area contributed by atoms with E-state index in [9.17, 15) is 4.79 Å². The molecule has 3 rings (SSSR count). The number of halogens is 1. The number of benzene rings is 1. The van der Waals surface area contributed by atoms with Crippen molar-refractivity contribution >= 4 is 17.5 Å². The third-order valence-corrected chi connectivity index (χ3v) is 4.87. The molecule has 0 N–H and O–H groups in total. The van der Waals surface area contributed by atoms with Crippen LogP contribution in [0.1, 0.15) is 34.6 Å². The van der Waals surface area contributed by atoms with Gasteiger partial charge in [0.2, 0.25) is 0 Å². The first-order chi connectivity index (χ1) is 11.0. The van der Waals surface area contributed by atoms with E-state index in [-0.39, 0.29) is 5.91 Å². The van der Waals surface area contributed by atoms with Crippen molar-refractivity contribution in [1.82, 2.24) is 14.7 Å². The highest BCUT2D eigenvalue weighted by Crippen LogP contribution is 2.23. The fourth-order valence-electron chi connectivity index (χ4n) is 3.23. The molecule has 23 heavy (non-hydrogen) atoms. The first-order valence-corrected chi connectivity index (χ1v) is 8.47. The van der Waals surface area contributed by atoms with Crippen LogP contribution in [-0.2, 0) is 6.54 Å². The Morgan fingerprint density at radius 3 is 2.57 bits per heavy atom. The summed E-state index contributed by atoms with van der Waals surface area (Å²) in [6, 6.07) is 9.38. The van der Waals surface area contributed by atoms with Gasteiger partial charge in [-0.2, -0.15) is 5.10 Å². The number of aryl methyl sites for hydroxylation is 2. The number of carbonyl (C=O) groups excluding carboxylic acids is 1. The number of aromatic nitrogens is 2. The van der Waals surface area contributed by atoms with E-state index >= 15 is 0 Å². The summed E-state index contributed by atoms with van der Waals surface area (Å²) in [5, 5.41) is 5.07. The van der Waals surface area contributed by atoms with E-state index in [4.69, 9.17) is 11.6 Å². The van der Waals surface area contributed by atoms with Gasteiger partial charge in [0, 0.05) is 25.3 Å². The second kappa shape index (κ2) is 6.75. The average molecular weight is 332 g/mol. The third-order valence-electron chi connectivity index (χ3n) is 4.54. The maximum absolute atomic E-state index is 12.6. The topological polar surface area (TPSA) is 38.1 Å². The summed E-state index contributed by atoms with van der Waals surface area (Å²) in [7, 11) is 0. The van der Waals surface area contributed by atoms with Crippen LogP contribution < -0.4 is 0 Å². The third kappa shape index (κ3) is 3.58. The van der Waals surface area contributed by atoms with Crippen molar-refractivity contribution in [2.45, 2.75) is 33.2 Å². The molecule has 0 spiro atoms. The molecule has 2 aromatic rings. The predicted molar refractivity (Wildman–Crippen MR) is 91.8 cm³/mol. The Morgan fingerprint density at radius 1 is 1.26 bits per heavy atom. The summed E-state index contributed by atoms with van der Waals surface area (Å²) in [4.78, 5) is 14.5. The SMILES string of the molecule is Cc1cc(C)n(CC2CCN(C(=O)c3ccccc3Cl)CC2)n1. The number of hydrogen-bond donors (Lipinski definition) is 0. The molecule has 1 aromatic carbocycles. The van der Waals surface area contributed by atoms with Gasteiger partial charge in [0.05, 0.1) is 16.3 Å². The van der Waals surface area contributed by atoms with Crippen LogP contribution in [-0.4, -0.2) is 33.7 Å². The molecule has 2 heterocycles. The Kier molecular flexibility index (Phi) is 4.71. The quantitative estimate of drug-likeness (QED) is 0.860. The van der Waals surface area contributed by atoms with Crippen molar-refractivity contribution in [2.24, 2.45) is 5.92 Å². The molecule has 122 valence electrons. The van der Waals surface area contributed by atoms with E-state index in [1.165, 1.54) is 5.69 Å². The number of amides is 1. The summed E-state index contributed by atoms with van der Waals surface area (Å²) in [5.74, 6) is 0.614. The zero-order valence-corrected chi connectivity index (χ0v) is 14.4. The lowest BCUT2D eigenvalue weighted by molar-refractivity contribution is 0.0681. The minimum atomic E-state index is 0.0418. The normalized spacial score (nSPS) is 15.9. The molecule has 1 aliphatic rings.